The fourth-order valence-corrected chi connectivity index (χ4v) is 2.98. The highest BCUT2D eigenvalue weighted by Gasteiger charge is 2.32. The maximum absolute atomic E-state index is 12.3. The van der Waals surface area contributed by atoms with Crippen LogP contribution in [-0.4, -0.2) is 43.3 Å². The lowest BCUT2D eigenvalue weighted by atomic mass is 9.80. The average Bonchev–Trinajstić information content (AvgIpc) is 2.22. The average molecular weight is 280 g/mol. The van der Waals surface area contributed by atoms with Gasteiger partial charge in [-0.2, -0.15) is 13.2 Å². The molecular formula is C14H27F3N2. The fourth-order valence-electron chi connectivity index (χ4n) is 2.98. The van der Waals surface area contributed by atoms with Crippen LogP contribution in [0.3, 0.4) is 0 Å². The highest BCUT2D eigenvalue weighted by atomic mass is 19.4. The second kappa shape index (κ2) is 6.44. The predicted octanol–water partition coefficient (Wildman–Crippen LogP) is 3.28. The molecule has 1 heterocycles. The molecule has 1 rings (SSSR count). The van der Waals surface area contributed by atoms with Gasteiger partial charge >= 0.3 is 6.18 Å². The van der Waals surface area contributed by atoms with Crippen LogP contribution in [0.15, 0.2) is 0 Å². The minimum atomic E-state index is -4.12. The molecular weight excluding hydrogens is 253 g/mol. The number of likely N-dealkylation sites (tertiary alicyclic amines) is 1. The van der Waals surface area contributed by atoms with Crippen molar-refractivity contribution in [3.8, 4) is 0 Å². The maximum atomic E-state index is 12.3. The van der Waals surface area contributed by atoms with Gasteiger partial charge in [0.2, 0.25) is 0 Å². The van der Waals surface area contributed by atoms with E-state index in [1.54, 1.807) is 0 Å². The van der Waals surface area contributed by atoms with E-state index in [-0.39, 0.29) is 11.5 Å². The van der Waals surface area contributed by atoms with Crippen LogP contribution in [0.2, 0.25) is 0 Å². The smallest absolute Gasteiger partial charge is 0.305 e. The standard InChI is InChI=1S/C14H27F3N2/c1-5-19-8-11(7-13(2,3)4)6-12(9-19)18-10-14(15,16)17/h11-12,18H,5-10H2,1-4H3. The molecule has 0 aromatic rings. The van der Waals surface area contributed by atoms with Crippen molar-refractivity contribution in [3.63, 3.8) is 0 Å². The van der Waals surface area contributed by atoms with Crippen LogP contribution in [0.25, 0.3) is 0 Å². The van der Waals surface area contributed by atoms with Crippen molar-refractivity contribution in [2.45, 2.75) is 52.8 Å². The zero-order valence-corrected chi connectivity index (χ0v) is 12.5. The Morgan fingerprint density at radius 2 is 1.79 bits per heavy atom. The molecule has 0 amide bonds. The summed E-state index contributed by atoms with van der Waals surface area (Å²) in [6.45, 7) is 10.4. The maximum Gasteiger partial charge on any atom is 0.401 e. The van der Waals surface area contributed by atoms with Crippen LogP contribution in [0, 0.1) is 11.3 Å². The Hall–Kier alpha value is -0.290. The third kappa shape index (κ3) is 7.16. The van der Waals surface area contributed by atoms with Gasteiger partial charge in [0.05, 0.1) is 6.54 Å². The monoisotopic (exact) mass is 280 g/mol. The molecule has 1 fully saturated rings. The molecule has 1 aliphatic rings. The van der Waals surface area contributed by atoms with E-state index in [0.29, 0.717) is 5.92 Å². The molecule has 0 radical (unpaired) electrons. The van der Waals surface area contributed by atoms with Crippen molar-refractivity contribution in [2.24, 2.45) is 11.3 Å². The van der Waals surface area contributed by atoms with Crippen LogP contribution in [0.5, 0.6) is 0 Å². The molecule has 19 heavy (non-hydrogen) atoms. The van der Waals surface area contributed by atoms with E-state index in [1.807, 2.05) is 0 Å². The van der Waals surface area contributed by atoms with Gasteiger partial charge in [-0.15, -0.1) is 0 Å². The van der Waals surface area contributed by atoms with Gasteiger partial charge in [0.15, 0.2) is 0 Å². The number of likely N-dealkylation sites (N-methyl/N-ethyl adjacent to an activating group) is 1. The van der Waals surface area contributed by atoms with Gasteiger partial charge in [0, 0.05) is 19.1 Å². The van der Waals surface area contributed by atoms with E-state index < -0.39 is 12.7 Å². The topological polar surface area (TPSA) is 15.3 Å². The molecule has 0 saturated carbocycles. The molecule has 2 unspecified atom stereocenters. The molecule has 0 aliphatic carbocycles. The molecule has 2 nitrogen and oxygen atoms in total. The number of halogens is 3. The third-order valence-corrected chi connectivity index (χ3v) is 3.55. The van der Waals surface area contributed by atoms with Crippen molar-refractivity contribution < 1.29 is 13.2 Å². The lowest BCUT2D eigenvalue weighted by Crippen LogP contribution is -2.51. The second-order valence-electron chi connectivity index (χ2n) is 6.91. The van der Waals surface area contributed by atoms with E-state index in [9.17, 15) is 13.2 Å². The highest BCUT2D eigenvalue weighted by Crippen LogP contribution is 2.30. The summed E-state index contributed by atoms with van der Waals surface area (Å²) in [5.74, 6) is 0.486. The summed E-state index contributed by atoms with van der Waals surface area (Å²) >= 11 is 0. The quantitative estimate of drug-likeness (QED) is 0.850. The number of nitrogens with one attached hydrogen (secondary N) is 1. The van der Waals surface area contributed by atoms with Crippen molar-refractivity contribution in [2.75, 3.05) is 26.2 Å². The number of hydrogen-bond acceptors (Lipinski definition) is 2. The molecule has 0 aromatic heterocycles. The van der Waals surface area contributed by atoms with Crippen molar-refractivity contribution in [1.82, 2.24) is 10.2 Å². The highest BCUT2D eigenvalue weighted by molar-refractivity contribution is 4.85. The van der Waals surface area contributed by atoms with Crippen LogP contribution < -0.4 is 5.32 Å². The Morgan fingerprint density at radius 3 is 2.26 bits per heavy atom. The van der Waals surface area contributed by atoms with Crippen LogP contribution in [0.4, 0.5) is 13.2 Å². The Bertz CT molecular complexity index is 271. The Morgan fingerprint density at radius 1 is 1.16 bits per heavy atom. The van der Waals surface area contributed by atoms with Crippen molar-refractivity contribution >= 4 is 0 Å². The van der Waals surface area contributed by atoms with Crippen LogP contribution in [0.1, 0.15) is 40.5 Å². The molecule has 1 N–H and O–H groups in total. The normalized spacial score (nSPS) is 26.7. The summed E-state index contributed by atoms with van der Waals surface area (Å²) in [5.41, 5.74) is 0.232. The van der Waals surface area contributed by atoms with E-state index in [1.165, 1.54) is 0 Å². The number of hydrogen-bond donors (Lipinski definition) is 1. The zero-order valence-electron chi connectivity index (χ0n) is 12.5. The van der Waals surface area contributed by atoms with Gasteiger partial charge in [-0.3, -0.25) is 0 Å². The van der Waals surface area contributed by atoms with E-state index in [0.717, 1.165) is 32.5 Å². The van der Waals surface area contributed by atoms with Crippen LogP contribution >= 0.6 is 0 Å². The summed E-state index contributed by atoms with van der Waals surface area (Å²) in [6, 6.07) is -0.0392. The number of nitrogens with zero attached hydrogens (tertiary/aromatic N) is 1. The minimum absolute atomic E-state index is 0.0392. The van der Waals surface area contributed by atoms with E-state index in [4.69, 9.17) is 0 Å². The SMILES string of the molecule is CCN1CC(CC(C)(C)C)CC(NCC(F)(F)F)C1. The summed E-state index contributed by atoms with van der Waals surface area (Å²) in [6.07, 6.45) is -2.20. The fraction of sp³-hybridized carbons (Fsp3) is 1.00. The molecule has 5 heteroatoms. The van der Waals surface area contributed by atoms with E-state index in [2.05, 4.69) is 37.9 Å². The predicted molar refractivity (Wildman–Crippen MR) is 72.1 cm³/mol. The van der Waals surface area contributed by atoms with Crippen LogP contribution in [-0.2, 0) is 0 Å². The van der Waals surface area contributed by atoms with Gasteiger partial charge in [-0.25, -0.2) is 0 Å². The summed E-state index contributed by atoms with van der Waals surface area (Å²) in [4.78, 5) is 2.26. The van der Waals surface area contributed by atoms with Crippen molar-refractivity contribution in [1.29, 1.82) is 0 Å². The summed E-state index contributed by atoms with van der Waals surface area (Å²) < 4.78 is 36.8. The zero-order chi connectivity index (χ0) is 14.7. The number of piperidine rings is 1. The van der Waals surface area contributed by atoms with Gasteiger partial charge in [0.25, 0.3) is 0 Å². The van der Waals surface area contributed by atoms with Gasteiger partial charge < -0.3 is 10.2 Å². The molecule has 0 aromatic carbocycles. The molecule has 1 saturated heterocycles. The molecule has 114 valence electrons. The van der Waals surface area contributed by atoms with Gasteiger partial charge in [0.1, 0.15) is 0 Å². The minimum Gasteiger partial charge on any atom is -0.305 e. The molecule has 0 bridgehead atoms. The molecule has 2 atom stereocenters. The first kappa shape index (κ1) is 16.8. The Labute approximate surface area is 114 Å². The first-order chi connectivity index (χ1) is 8.59. The lowest BCUT2D eigenvalue weighted by Gasteiger charge is -2.40. The first-order valence-electron chi connectivity index (χ1n) is 7.11. The summed E-state index contributed by atoms with van der Waals surface area (Å²) in [7, 11) is 0. The van der Waals surface area contributed by atoms with Gasteiger partial charge in [-0.05, 0) is 30.7 Å². The second-order valence-corrected chi connectivity index (χ2v) is 6.91. The Kier molecular flexibility index (Phi) is 5.68. The Balaban J connectivity index is 2.52. The van der Waals surface area contributed by atoms with Crippen molar-refractivity contribution in [3.05, 3.63) is 0 Å². The lowest BCUT2D eigenvalue weighted by molar-refractivity contribution is -0.127. The third-order valence-electron chi connectivity index (χ3n) is 3.55. The first-order valence-corrected chi connectivity index (χ1v) is 7.11. The van der Waals surface area contributed by atoms with E-state index >= 15 is 0 Å². The number of alkyl halides is 3. The number of rotatable bonds is 4. The summed E-state index contributed by atoms with van der Waals surface area (Å²) in [5, 5.41) is 2.67. The largest absolute Gasteiger partial charge is 0.401 e. The molecule has 1 aliphatic heterocycles. The van der Waals surface area contributed by atoms with Gasteiger partial charge in [-0.1, -0.05) is 27.7 Å². The molecule has 0 spiro atoms.